The molecule has 0 spiro atoms. The molecule has 19 heteroatoms. The Labute approximate surface area is 560 Å². The van der Waals surface area contributed by atoms with Crippen LogP contribution >= 0.6 is 15.6 Å². The molecule has 0 radical (unpaired) electrons. The minimum Gasteiger partial charge on any atom is -0.462 e. The van der Waals surface area contributed by atoms with Crippen LogP contribution in [0.4, 0.5) is 0 Å². The van der Waals surface area contributed by atoms with Gasteiger partial charge in [-0.2, -0.15) is 0 Å². The fourth-order valence-electron chi connectivity index (χ4n) is 10.3. The van der Waals surface area contributed by atoms with Crippen LogP contribution in [-0.2, 0) is 65.4 Å². The van der Waals surface area contributed by atoms with Crippen molar-refractivity contribution in [2.75, 3.05) is 39.6 Å². The van der Waals surface area contributed by atoms with Crippen molar-refractivity contribution < 1.29 is 80.2 Å². The molecule has 540 valence electrons. The topological polar surface area (TPSA) is 237 Å². The highest BCUT2D eigenvalue weighted by Crippen LogP contribution is 2.45. The molecule has 0 saturated heterocycles. The van der Waals surface area contributed by atoms with E-state index < -0.39 is 97.5 Å². The highest BCUT2D eigenvalue weighted by atomic mass is 31.2. The maximum absolute atomic E-state index is 13.0. The lowest BCUT2D eigenvalue weighted by atomic mass is 10.0. The summed E-state index contributed by atoms with van der Waals surface area (Å²) in [6.45, 7) is 4.83. The molecule has 0 rings (SSSR count). The van der Waals surface area contributed by atoms with Crippen molar-refractivity contribution in [3.8, 4) is 0 Å². The third kappa shape index (κ3) is 65.9. The molecule has 0 aromatic carbocycles. The summed E-state index contributed by atoms with van der Waals surface area (Å²) in [7, 11) is -9.92. The van der Waals surface area contributed by atoms with E-state index >= 15 is 0 Å². The number of carbonyl (C=O) groups is 4. The van der Waals surface area contributed by atoms with Crippen LogP contribution in [0.3, 0.4) is 0 Å². The second-order valence-corrected chi connectivity index (χ2v) is 28.1. The largest absolute Gasteiger partial charge is 0.472 e. The maximum Gasteiger partial charge on any atom is 0.472 e. The summed E-state index contributed by atoms with van der Waals surface area (Å²) in [6.07, 6.45) is 60.0. The number of carbonyl (C=O) groups excluding carboxylic acids is 4. The first-order valence-corrected chi connectivity index (χ1v) is 40.2. The third-order valence-corrected chi connectivity index (χ3v) is 18.0. The third-order valence-electron chi connectivity index (χ3n) is 16.1. The highest BCUT2D eigenvalue weighted by Gasteiger charge is 2.30. The van der Waals surface area contributed by atoms with Crippen LogP contribution in [0.5, 0.6) is 0 Å². The predicted octanol–water partition coefficient (Wildman–Crippen LogP) is 20.8. The van der Waals surface area contributed by atoms with E-state index in [0.717, 1.165) is 135 Å². The molecule has 0 heterocycles. The first-order chi connectivity index (χ1) is 44.7. The Balaban J connectivity index is 5.28. The zero-order valence-electron chi connectivity index (χ0n) is 58.7. The molecule has 0 aliphatic rings. The summed E-state index contributed by atoms with van der Waals surface area (Å²) in [6, 6.07) is 0. The molecule has 17 nitrogen and oxygen atoms in total. The molecule has 0 fully saturated rings. The van der Waals surface area contributed by atoms with Gasteiger partial charge in [0.15, 0.2) is 12.2 Å². The molecular formula is C73H136O17P2. The first kappa shape index (κ1) is 89.3. The highest BCUT2D eigenvalue weighted by molar-refractivity contribution is 7.47. The average molecular weight is 1350 g/mol. The van der Waals surface area contributed by atoms with Gasteiger partial charge in [-0.1, -0.05) is 263 Å². The number of hydrogen-bond donors (Lipinski definition) is 3. The number of unbranched alkanes of at least 4 members (excludes halogenated alkanes) is 39. The normalized spacial score (nSPS) is 14.2. The van der Waals surface area contributed by atoms with Crippen molar-refractivity contribution in [2.24, 2.45) is 0 Å². The number of aliphatic hydroxyl groups excluding tert-OH is 1. The number of aliphatic hydroxyl groups is 1. The molecule has 0 aliphatic heterocycles. The Bertz CT molecular complexity index is 1900. The Kier molecular flexibility index (Phi) is 64.9. The number of phosphoric ester groups is 2. The SMILES string of the molecule is CCCC/C=C\CCCCCCCC(=O)OC(COC(=O)CCCCCCCCCCCCCCCCC)COP(=O)(O)OCC(O)COP(=O)(O)OCC(COC(=O)CCCCCCC/C=C\CCCCCC)OC(=O)CCCCCCC/C=C\CCCCCC. The van der Waals surface area contributed by atoms with Gasteiger partial charge in [-0.25, -0.2) is 9.13 Å². The molecule has 0 aromatic heterocycles. The van der Waals surface area contributed by atoms with E-state index in [1.807, 2.05) is 0 Å². The molecule has 0 bridgehead atoms. The van der Waals surface area contributed by atoms with Gasteiger partial charge in [-0.3, -0.25) is 37.3 Å². The smallest absolute Gasteiger partial charge is 0.462 e. The Morgan fingerprint density at radius 3 is 0.793 bits per heavy atom. The van der Waals surface area contributed by atoms with Gasteiger partial charge in [0.25, 0.3) is 0 Å². The number of phosphoric acid groups is 2. The summed E-state index contributed by atoms with van der Waals surface area (Å²) in [5.74, 6) is -2.17. The van der Waals surface area contributed by atoms with Gasteiger partial charge >= 0.3 is 39.5 Å². The zero-order valence-corrected chi connectivity index (χ0v) is 60.5. The lowest BCUT2D eigenvalue weighted by molar-refractivity contribution is -0.161. The van der Waals surface area contributed by atoms with Crippen LogP contribution in [0, 0.1) is 0 Å². The number of rotatable bonds is 71. The minimum absolute atomic E-state index is 0.0890. The summed E-state index contributed by atoms with van der Waals surface area (Å²) >= 11 is 0. The van der Waals surface area contributed by atoms with Crippen molar-refractivity contribution in [1.82, 2.24) is 0 Å². The molecule has 5 unspecified atom stereocenters. The van der Waals surface area contributed by atoms with Gasteiger partial charge in [0.2, 0.25) is 0 Å². The van der Waals surface area contributed by atoms with E-state index in [1.54, 1.807) is 0 Å². The molecule has 0 aromatic rings. The number of esters is 4. The van der Waals surface area contributed by atoms with Gasteiger partial charge in [0.1, 0.15) is 19.3 Å². The van der Waals surface area contributed by atoms with Gasteiger partial charge < -0.3 is 33.8 Å². The standard InChI is InChI=1S/C73H136O17P2/c1-5-9-13-17-21-25-29-32-33-36-39-42-46-50-54-58-71(76)84-63-68(89-72(77)59-55-51-47-43-37-28-24-20-16-12-8-4)65-87-91(79,80)85-61-67(74)62-86-92(81,82)88-66-69(90-73(78)60-56-52-48-44-40-35-31-27-23-19-15-11-7-3)64-83-70(75)57-53-49-45-41-38-34-30-26-22-18-14-10-6-2/h20,24,26-27,30-31,67-69,74H,5-19,21-23,25,28-29,32-66H2,1-4H3,(H,79,80)(H,81,82)/b24-20-,30-26-,31-27-. The van der Waals surface area contributed by atoms with Crippen molar-refractivity contribution >= 4 is 39.5 Å². The van der Waals surface area contributed by atoms with Crippen LogP contribution < -0.4 is 0 Å². The molecular weight excluding hydrogens is 1210 g/mol. The van der Waals surface area contributed by atoms with Crippen LogP contribution in [-0.4, -0.2) is 96.7 Å². The molecule has 5 atom stereocenters. The van der Waals surface area contributed by atoms with Crippen molar-refractivity contribution in [3.63, 3.8) is 0 Å². The predicted molar refractivity (Wildman–Crippen MR) is 372 cm³/mol. The maximum atomic E-state index is 13.0. The molecule has 3 N–H and O–H groups in total. The molecule has 0 aliphatic carbocycles. The fourth-order valence-corrected chi connectivity index (χ4v) is 11.9. The van der Waals surface area contributed by atoms with E-state index in [0.29, 0.717) is 25.7 Å². The quantitative estimate of drug-likeness (QED) is 0.0169. The van der Waals surface area contributed by atoms with E-state index in [4.69, 9.17) is 37.0 Å². The lowest BCUT2D eigenvalue weighted by Crippen LogP contribution is -2.30. The summed E-state index contributed by atoms with van der Waals surface area (Å²) in [5, 5.41) is 10.6. The van der Waals surface area contributed by atoms with Crippen molar-refractivity contribution in [1.29, 1.82) is 0 Å². The van der Waals surface area contributed by atoms with Gasteiger partial charge in [-0.15, -0.1) is 0 Å². The lowest BCUT2D eigenvalue weighted by Gasteiger charge is -2.21. The van der Waals surface area contributed by atoms with Gasteiger partial charge in [0, 0.05) is 25.7 Å². The summed E-state index contributed by atoms with van der Waals surface area (Å²) < 4.78 is 68.3. The average Bonchev–Trinajstić information content (AvgIpc) is 3.74. The number of ether oxygens (including phenoxy) is 4. The zero-order chi connectivity index (χ0) is 67.5. The Morgan fingerprint density at radius 2 is 0.511 bits per heavy atom. The van der Waals surface area contributed by atoms with Crippen LogP contribution in [0.2, 0.25) is 0 Å². The Morgan fingerprint density at radius 1 is 0.293 bits per heavy atom. The molecule has 92 heavy (non-hydrogen) atoms. The van der Waals surface area contributed by atoms with Crippen LogP contribution in [0.1, 0.15) is 349 Å². The van der Waals surface area contributed by atoms with Gasteiger partial charge in [0.05, 0.1) is 26.4 Å². The minimum atomic E-state index is -4.96. The monoisotopic (exact) mass is 1350 g/mol. The summed E-state index contributed by atoms with van der Waals surface area (Å²) in [4.78, 5) is 72.6. The second kappa shape index (κ2) is 66.9. The van der Waals surface area contributed by atoms with E-state index in [2.05, 4.69) is 64.2 Å². The van der Waals surface area contributed by atoms with E-state index in [9.17, 15) is 43.2 Å². The van der Waals surface area contributed by atoms with Gasteiger partial charge in [-0.05, 0) is 96.3 Å². The number of allylic oxidation sites excluding steroid dienone is 6. The Hall–Kier alpha value is -2.72. The van der Waals surface area contributed by atoms with Crippen molar-refractivity contribution in [3.05, 3.63) is 36.5 Å². The van der Waals surface area contributed by atoms with E-state index in [1.165, 1.54) is 135 Å². The second-order valence-electron chi connectivity index (χ2n) is 25.2. The van der Waals surface area contributed by atoms with Crippen molar-refractivity contribution in [2.45, 2.75) is 367 Å². The first-order valence-electron chi connectivity index (χ1n) is 37.2. The number of hydrogen-bond acceptors (Lipinski definition) is 15. The van der Waals surface area contributed by atoms with Crippen LogP contribution in [0.15, 0.2) is 36.5 Å². The van der Waals surface area contributed by atoms with E-state index in [-0.39, 0.29) is 25.7 Å². The van der Waals surface area contributed by atoms with Crippen LogP contribution in [0.25, 0.3) is 0 Å². The fraction of sp³-hybridized carbons (Fsp3) is 0.863. The summed E-state index contributed by atoms with van der Waals surface area (Å²) in [5.41, 5.74) is 0. The molecule has 0 amide bonds. The molecule has 0 saturated carbocycles.